The molecule has 2 aromatic carbocycles. The molecule has 0 aromatic heterocycles. The van der Waals surface area contributed by atoms with Crippen LogP contribution in [0.25, 0.3) is 0 Å². The van der Waals surface area contributed by atoms with Gasteiger partial charge in [-0.15, -0.1) is 0 Å². The third-order valence-electron chi connectivity index (χ3n) is 3.33. The molecule has 0 saturated heterocycles. The highest BCUT2D eigenvalue weighted by Crippen LogP contribution is 2.21. The molecule has 2 aromatic rings. The summed E-state index contributed by atoms with van der Waals surface area (Å²) in [6.07, 6.45) is 0.733. The zero-order valence-electron chi connectivity index (χ0n) is 10.8. The number of nitrogens with two attached hydrogens (primary N) is 1. The van der Waals surface area contributed by atoms with Crippen molar-refractivity contribution in [2.75, 3.05) is 0 Å². The zero-order chi connectivity index (χ0) is 13.1. The molecule has 1 unspecified atom stereocenters. The first-order valence-corrected chi connectivity index (χ1v) is 6.14. The van der Waals surface area contributed by atoms with Crippen molar-refractivity contribution in [2.45, 2.75) is 26.3 Å². The van der Waals surface area contributed by atoms with Crippen molar-refractivity contribution in [1.29, 1.82) is 0 Å². The number of benzene rings is 2. The Labute approximate surface area is 107 Å². The molecule has 0 fully saturated rings. The maximum absolute atomic E-state index is 13.0. The molecule has 0 amide bonds. The Hall–Kier alpha value is -1.67. The van der Waals surface area contributed by atoms with Crippen LogP contribution in [0, 0.1) is 19.7 Å². The third-order valence-corrected chi connectivity index (χ3v) is 3.33. The Morgan fingerprint density at radius 2 is 1.78 bits per heavy atom. The summed E-state index contributed by atoms with van der Waals surface area (Å²) < 4.78 is 13.0. The molecule has 2 heteroatoms. The van der Waals surface area contributed by atoms with Gasteiger partial charge in [0, 0.05) is 6.04 Å². The van der Waals surface area contributed by atoms with Gasteiger partial charge in [-0.2, -0.15) is 0 Å². The summed E-state index contributed by atoms with van der Waals surface area (Å²) in [5.74, 6) is -0.194. The van der Waals surface area contributed by atoms with Crippen molar-refractivity contribution < 1.29 is 4.39 Å². The van der Waals surface area contributed by atoms with Gasteiger partial charge in [-0.25, -0.2) is 4.39 Å². The van der Waals surface area contributed by atoms with Gasteiger partial charge in [0.1, 0.15) is 5.82 Å². The van der Waals surface area contributed by atoms with Gasteiger partial charge in [0.05, 0.1) is 0 Å². The lowest BCUT2D eigenvalue weighted by Crippen LogP contribution is -2.15. The van der Waals surface area contributed by atoms with Gasteiger partial charge in [0.15, 0.2) is 0 Å². The second-order valence-electron chi connectivity index (χ2n) is 4.74. The smallest absolute Gasteiger partial charge is 0.123 e. The summed E-state index contributed by atoms with van der Waals surface area (Å²) in [6, 6.07) is 12.9. The fourth-order valence-corrected chi connectivity index (χ4v) is 2.24. The van der Waals surface area contributed by atoms with Gasteiger partial charge < -0.3 is 5.73 Å². The van der Waals surface area contributed by atoms with E-state index in [1.807, 2.05) is 25.1 Å². The van der Waals surface area contributed by atoms with Crippen LogP contribution in [0.1, 0.15) is 28.3 Å². The van der Waals surface area contributed by atoms with Crippen molar-refractivity contribution in [2.24, 2.45) is 5.73 Å². The van der Waals surface area contributed by atoms with E-state index in [1.54, 1.807) is 6.07 Å². The molecule has 2 rings (SSSR count). The predicted molar refractivity (Wildman–Crippen MR) is 72.9 cm³/mol. The van der Waals surface area contributed by atoms with Gasteiger partial charge in [-0.3, -0.25) is 0 Å². The van der Waals surface area contributed by atoms with Crippen molar-refractivity contribution in [3.05, 3.63) is 70.5 Å². The number of hydrogen-bond donors (Lipinski definition) is 1. The third kappa shape index (κ3) is 2.77. The highest BCUT2D eigenvalue weighted by molar-refractivity contribution is 5.33. The second kappa shape index (κ2) is 5.32. The van der Waals surface area contributed by atoms with E-state index >= 15 is 0 Å². The topological polar surface area (TPSA) is 26.0 Å². The van der Waals surface area contributed by atoms with Crippen LogP contribution in [-0.2, 0) is 6.42 Å². The van der Waals surface area contributed by atoms with Crippen LogP contribution in [0.5, 0.6) is 0 Å². The lowest BCUT2D eigenvalue weighted by Gasteiger charge is -2.16. The number of aryl methyl sites for hydroxylation is 2. The zero-order valence-corrected chi connectivity index (χ0v) is 10.8. The largest absolute Gasteiger partial charge is 0.324 e. The van der Waals surface area contributed by atoms with E-state index in [2.05, 4.69) is 19.1 Å². The molecule has 0 bridgehead atoms. The Bertz CT molecular complexity index is 549. The molecule has 0 spiro atoms. The lowest BCUT2D eigenvalue weighted by atomic mass is 9.94. The van der Waals surface area contributed by atoms with Crippen LogP contribution < -0.4 is 5.73 Å². The maximum atomic E-state index is 13.0. The van der Waals surface area contributed by atoms with E-state index in [9.17, 15) is 4.39 Å². The summed E-state index contributed by atoms with van der Waals surface area (Å²) in [5.41, 5.74) is 10.7. The lowest BCUT2D eigenvalue weighted by molar-refractivity contribution is 0.623. The summed E-state index contributed by atoms with van der Waals surface area (Å²) in [4.78, 5) is 0. The van der Waals surface area contributed by atoms with Crippen LogP contribution in [0.15, 0.2) is 42.5 Å². The fraction of sp³-hybridized carbons (Fsp3) is 0.250. The SMILES string of the molecule is Cc1cc(F)ccc1CC(N)c1ccccc1C. The van der Waals surface area contributed by atoms with Gasteiger partial charge in [-0.05, 0) is 54.7 Å². The highest BCUT2D eigenvalue weighted by Gasteiger charge is 2.11. The van der Waals surface area contributed by atoms with E-state index in [4.69, 9.17) is 5.73 Å². The molecule has 0 aliphatic rings. The number of rotatable bonds is 3. The summed E-state index contributed by atoms with van der Waals surface area (Å²) in [5, 5.41) is 0. The van der Waals surface area contributed by atoms with Crippen LogP contribution in [0.3, 0.4) is 0 Å². The number of halogens is 1. The number of hydrogen-bond acceptors (Lipinski definition) is 1. The molecule has 1 atom stereocenters. The second-order valence-corrected chi connectivity index (χ2v) is 4.74. The standard InChI is InChI=1S/C16H18FN/c1-11-5-3-4-6-15(11)16(18)10-13-7-8-14(17)9-12(13)2/h3-9,16H,10,18H2,1-2H3. The highest BCUT2D eigenvalue weighted by atomic mass is 19.1. The van der Waals surface area contributed by atoms with Crippen LogP contribution in [-0.4, -0.2) is 0 Å². The van der Waals surface area contributed by atoms with Crippen LogP contribution >= 0.6 is 0 Å². The summed E-state index contributed by atoms with van der Waals surface area (Å²) >= 11 is 0. The molecule has 0 radical (unpaired) electrons. The van der Waals surface area contributed by atoms with Gasteiger partial charge in [0.2, 0.25) is 0 Å². The summed E-state index contributed by atoms with van der Waals surface area (Å²) in [6.45, 7) is 3.98. The Balaban J connectivity index is 2.21. The van der Waals surface area contributed by atoms with E-state index < -0.39 is 0 Å². The molecule has 0 saturated carbocycles. The predicted octanol–water partition coefficient (Wildman–Crippen LogP) is 3.69. The molecular formula is C16H18FN. The van der Waals surface area contributed by atoms with Gasteiger partial charge >= 0.3 is 0 Å². The van der Waals surface area contributed by atoms with Crippen molar-refractivity contribution in [3.63, 3.8) is 0 Å². The average Bonchev–Trinajstić information content (AvgIpc) is 2.33. The van der Waals surface area contributed by atoms with Crippen molar-refractivity contribution >= 4 is 0 Å². The first-order valence-electron chi connectivity index (χ1n) is 6.14. The maximum Gasteiger partial charge on any atom is 0.123 e. The minimum Gasteiger partial charge on any atom is -0.324 e. The first kappa shape index (κ1) is 12.8. The minimum absolute atomic E-state index is 0.0460. The van der Waals surface area contributed by atoms with Crippen molar-refractivity contribution in [1.82, 2.24) is 0 Å². The first-order chi connectivity index (χ1) is 8.58. The minimum atomic E-state index is -0.194. The molecule has 18 heavy (non-hydrogen) atoms. The normalized spacial score (nSPS) is 12.4. The average molecular weight is 243 g/mol. The monoisotopic (exact) mass is 243 g/mol. The molecule has 1 nitrogen and oxygen atoms in total. The molecule has 0 aliphatic carbocycles. The quantitative estimate of drug-likeness (QED) is 0.874. The molecular weight excluding hydrogens is 225 g/mol. The van der Waals surface area contributed by atoms with E-state index in [0.717, 1.165) is 23.1 Å². The summed E-state index contributed by atoms with van der Waals surface area (Å²) in [7, 11) is 0. The van der Waals surface area contributed by atoms with E-state index in [1.165, 1.54) is 11.6 Å². The van der Waals surface area contributed by atoms with Crippen LogP contribution in [0.2, 0.25) is 0 Å². The Morgan fingerprint density at radius 3 is 2.44 bits per heavy atom. The Kier molecular flexibility index (Phi) is 3.78. The molecule has 94 valence electrons. The Morgan fingerprint density at radius 1 is 1.06 bits per heavy atom. The molecule has 0 aliphatic heterocycles. The van der Waals surface area contributed by atoms with Crippen molar-refractivity contribution in [3.8, 4) is 0 Å². The van der Waals surface area contributed by atoms with E-state index in [0.29, 0.717) is 0 Å². The molecule has 0 heterocycles. The van der Waals surface area contributed by atoms with E-state index in [-0.39, 0.29) is 11.9 Å². The van der Waals surface area contributed by atoms with Gasteiger partial charge in [-0.1, -0.05) is 30.3 Å². The van der Waals surface area contributed by atoms with Crippen LogP contribution in [0.4, 0.5) is 4.39 Å². The fourth-order valence-electron chi connectivity index (χ4n) is 2.24. The van der Waals surface area contributed by atoms with Gasteiger partial charge in [0.25, 0.3) is 0 Å². The molecule has 2 N–H and O–H groups in total.